The lowest BCUT2D eigenvalue weighted by atomic mass is 9.63. The summed E-state index contributed by atoms with van der Waals surface area (Å²) in [5.74, 6) is 0.821. The molecule has 1 aromatic carbocycles. The Kier molecular flexibility index (Phi) is 7.41. The van der Waals surface area contributed by atoms with Crippen molar-refractivity contribution in [2.24, 2.45) is 33.5 Å². The molecule has 7 heteroatoms. The zero-order valence-corrected chi connectivity index (χ0v) is 17.9. The highest BCUT2D eigenvalue weighted by atomic mass is 35.5. The Morgan fingerprint density at radius 1 is 1.14 bits per heavy atom. The molecule has 1 aliphatic heterocycles. The molecule has 0 radical (unpaired) electrons. The Bertz CT molecular complexity index is 702. The van der Waals surface area contributed by atoms with Crippen molar-refractivity contribution in [2.75, 3.05) is 19.6 Å². The van der Waals surface area contributed by atoms with Crippen molar-refractivity contribution in [3.05, 3.63) is 34.9 Å². The van der Waals surface area contributed by atoms with Crippen molar-refractivity contribution in [3.8, 4) is 0 Å². The first-order chi connectivity index (χ1) is 13.9. The minimum absolute atomic E-state index is 0.0269. The van der Waals surface area contributed by atoms with Crippen molar-refractivity contribution < 1.29 is 4.79 Å². The molecule has 6 nitrogen and oxygen atoms in total. The van der Waals surface area contributed by atoms with Crippen LogP contribution in [0.3, 0.4) is 0 Å². The molecule has 29 heavy (non-hydrogen) atoms. The summed E-state index contributed by atoms with van der Waals surface area (Å²) in [7, 11) is 0. The van der Waals surface area contributed by atoms with E-state index in [9.17, 15) is 4.79 Å². The van der Waals surface area contributed by atoms with E-state index in [0.717, 1.165) is 31.5 Å². The molecule has 6 N–H and O–H groups in total. The van der Waals surface area contributed by atoms with Gasteiger partial charge in [0.1, 0.15) is 0 Å². The second-order valence-corrected chi connectivity index (χ2v) is 9.14. The summed E-state index contributed by atoms with van der Waals surface area (Å²) >= 11 is 5.94. The molecule has 0 bridgehead atoms. The van der Waals surface area contributed by atoms with E-state index in [1.807, 2.05) is 29.2 Å². The van der Waals surface area contributed by atoms with Gasteiger partial charge in [0.25, 0.3) is 0 Å². The fourth-order valence-corrected chi connectivity index (χ4v) is 5.15. The zero-order valence-electron chi connectivity index (χ0n) is 17.2. The molecule has 1 unspecified atom stereocenters. The van der Waals surface area contributed by atoms with Crippen LogP contribution < -0.4 is 17.2 Å². The number of nitrogens with zero attached hydrogens (tertiary/aromatic N) is 2. The number of carbonyl (C=O) groups excluding carboxylic acids is 1. The minimum atomic E-state index is -0.531. The number of carbonyl (C=O) groups is 1. The molecule has 3 rings (SSSR count). The maximum absolute atomic E-state index is 12.9. The van der Waals surface area contributed by atoms with Crippen molar-refractivity contribution in [1.29, 1.82) is 0 Å². The van der Waals surface area contributed by atoms with Gasteiger partial charge in [0, 0.05) is 24.7 Å². The topological polar surface area (TPSA) is 111 Å². The average Bonchev–Trinajstić information content (AvgIpc) is 2.74. The second-order valence-electron chi connectivity index (χ2n) is 8.70. The summed E-state index contributed by atoms with van der Waals surface area (Å²) in [5, 5.41) is 0.685. The lowest BCUT2D eigenvalue weighted by molar-refractivity contribution is -0.135. The van der Waals surface area contributed by atoms with E-state index < -0.39 is 6.04 Å². The largest absolute Gasteiger partial charge is 0.370 e. The molecular weight excluding hydrogens is 386 g/mol. The van der Waals surface area contributed by atoms with Crippen LogP contribution >= 0.6 is 11.6 Å². The standard InChI is InChI=1S/C22H34ClN5O/c23-18-8-6-16(7-9-18)14-19(24)20(29)28-12-10-22(11-13-28,15-27-21(25)26)17-4-2-1-3-5-17/h6-9,17,19H,1-5,10-15,24H2,(H4,25,26,27). The van der Waals surface area contributed by atoms with Gasteiger partial charge >= 0.3 is 0 Å². The molecule has 1 heterocycles. The maximum atomic E-state index is 12.9. The Balaban J connectivity index is 1.61. The molecule has 2 aliphatic rings. The molecule has 0 spiro atoms. The lowest BCUT2D eigenvalue weighted by Crippen LogP contribution is -2.52. The van der Waals surface area contributed by atoms with Crippen LogP contribution in [0.2, 0.25) is 5.02 Å². The van der Waals surface area contributed by atoms with Crippen molar-refractivity contribution in [1.82, 2.24) is 4.90 Å². The predicted octanol–water partition coefficient (Wildman–Crippen LogP) is 2.67. The van der Waals surface area contributed by atoms with Crippen LogP contribution in [0, 0.1) is 11.3 Å². The normalized spacial score (nSPS) is 20.8. The summed E-state index contributed by atoms with van der Waals surface area (Å²) in [4.78, 5) is 19.3. The molecule has 1 amide bonds. The van der Waals surface area contributed by atoms with Crippen molar-refractivity contribution >= 4 is 23.5 Å². The minimum Gasteiger partial charge on any atom is -0.370 e. The molecule has 1 atom stereocenters. The van der Waals surface area contributed by atoms with Gasteiger partial charge in [-0.25, -0.2) is 0 Å². The first kappa shape index (κ1) is 21.9. The van der Waals surface area contributed by atoms with Gasteiger partial charge in [-0.05, 0) is 61.1 Å². The first-order valence-electron chi connectivity index (χ1n) is 10.7. The second kappa shape index (κ2) is 9.81. The third-order valence-corrected chi connectivity index (χ3v) is 7.06. The zero-order chi connectivity index (χ0) is 20.9. The Morgan fingerprint density at radius 3 is 2.34 bits per heavy atom. The highest BCUT2D eigenvalue weighted by molar-refractivity contribution is 6.30. The van der Waals surface area contributed by atoms with Gasteiger partial charge in [0.2, 0.25) is 5.91 Å². The maximum Gasteiger partial charge on any atom is 0.239 e. The highest BCUT2D eigenvalue weighted by Gasteiger charge is 2.42. The van der Waals surface area contributed by atoms with Crippen LogP contribution in [0.4, 0.5) is 0 Å². The molecule has 0 aromatic heterocycles. The van der Waals surface area contributed by atoms with Crippen LogP contribution in [-0.4, -0.2) is 42.4 Å². The van der Waals surface area contributed by atoms with Crippen LogP contribution in [-0.2, 0) is 11.2 Å². The molecule has 1 saturated carbocycles. The molecule has 160 valence electrons. The molecular formula is C22H34ClN5O. The highest BCUT2D eigenvalue weighted by Crippen LogP contribution is 2.46. The number of rotatable bonds is 6. The van der Waals surface area contributed by atoms with E-state index in [2.05, 4.69) is 4.99 Å². The van der Waals surface area contributed by atoms with E-state index >= 15 is 0 Å². The van der Waals surface area contributed by atoms with Gasteiger partial charge in [-0.15, -0.1) is 0 Å². The van der Waals surface area contributed by atoms with Gasteiger partial charge in [0.15, 0.2) is 5.96 Å². The Labute approximate surface area is 178 Å². The summed E-state index contributed by atoms with van der Waals surface area (Å²) < 4.78 is 0. The summed E-state index contributed by atoms with van der Waals surface area (Å²) in [6, 6.07) is 6.98. The summed E-state index contributed by atoms with van der Waals surface area (Å²) in [5.41, 5.74) is 18.6. The number of guanidine groups is 1. The number of likely N-dealkylation sites (tertiary alicyclic amines) is 1. The number of hydrogen-bond donors (Lipinski definition) is 3. The Hall–Kier alpha value is -1.79. The van der Waals surface area contributed by atoms with E-state index in [1.165, 1.54) is 32.1 Å². The summed E-state index contributed by atoms with van der Waals surface area (Å²) in [6.07, 6.45) is 8.76. The van der Waals surface area contributed by atoms with E-state index in [4.69, 9.17) is 28.8 Å². The number of hydrogen-bond acceptors (Lipinski definition) is 3. The third-order valence-electron chi connectivity index (χ3n) is 6.80. The fourth-order valence-electron chi connectivity index (χ4n) is 5.03. The van der Waals surface area contributed by atoms with Gasteiger partial charge < -0.3 is 22.1 Å². The van der Waals surface area contributed by atoms with Crippen LogP contribution in [0.15, 0.2) is 29.3 Å². The molecule has 1 aliphatic carbocycles. The number of piperidine rings is 1. The predicted molar refractivity (Wildman–Crippen MR) is 119 cm³/mol. The van der Waals surface area contributed by atoms with Gasteiger partial charge in [0.05, 0.1) is 6.04 Å². The number of amides is 1. The van der Waals surface area contributed by atoms with Crippen molar-refractivity contribution in [3.63, 3.8) is 0 Å². The van der Waals surface area contributed by atoms with Gasteiger partial charge in [-0.2, -0.15) is 0 Å². The smallest absolute Gasteiger partial charge is 0.239 e. The van der Waals surface area contributed by atoms with Crippen LogP contribution in [0.1, 0.15) is 50.5 Å². The molecule has 1 aromatic rings. The lowest BCUT2D eigenvalue weighted by Gasteiger charge is -2.47. The number of nitrogens with two attached hydrogens (primary N) is 3. The fraction of sp³-hybridized carbons (Fsp3) is 0.636. The van der Waals surface area contributed by atoms with Crippen LogP contribution in [0.25, 0.3) is 0 Å². The van der Waals surface area contributed by atoms with E-state index in [0.29, 0.717) is 23.9 Å². The summed E-state index contributed by atoms with van der Waals surface area (Å²) in [6.45, 7) is 2.12. The van der Waals surface area contributed by atoms with Crippen molar-refractivity contribution in [2.45, 2.75) is 57.4 Å². The van der Waals surface area contributed by atoms with E-state index in [1.54, 1.807) is 0 Å². The molecule has 2 fully saturated rings. The first-order valence-corrected chi connectivity index (χ1v) is 11.1. The quantitative estimate of drug-likeness (QED) is 0.486. The third kappa shape index (κ3) is 5.64. The number of halogens is 1. The van der Waals surface area contributed by atoms with Gasteiger partial charge in [-0.1, -0.05) is 43.0 Å². The van der Waals surface area contributed by atoms with Crippen LogP contribution in [0.5, 0.6) is 0 Å². The monoisotopic (exact) mass is 419 g/mol. The van der Waals surface area contributed by atoms with Gasteiger partial charge in [-0.3, -0.25) is 9.79 Å². The average molecular weight is 420 g/mol. The Morgan fingerprint density at radius 2 is 1.76 bits per heavy atom. The number of benzene rings is 1. The SMILES string of the molecule is NC(N)=NCC1(C2CCCCC2)CCN(C(=O)C(N)Cc2ccc(Cl)cc2)CC1. The van der Waals surface area contributed by atoms with E-state index in [-0.39, 0.29) is 17.3 Å². The number of aliphatic imine (C=N–C) groups is 1. The molecule has 1 saturated heterocycles.